The molecule has 2 fully saturated rings. The second-order valence-electron chi connectivity index (χ2n) is 7.61. The largest absolute Gasteiger partial charge is 0.354 e. The standard InChI is InChI=1S/C22H27NO7S/c1-26-22-18(23-13-15-9-5-3-6-10-15)20(30-31(2,24)25)19-17(28-22)14-27-21(29-19)16-11-7-4-8-12-16/h3-12,17-23H,13-14H2,1-2H3/t17?,18?,19-,20-,21?,22?/m0/s1. The number of ether oxygens (including phenoxy) is 4. The minimum Gasteiger partial charge on any atom is -0.354 e. The van der Waals surface area contributed by atoms with E-state index < -0.39 is 47.1 Å². The third kappa shape index (κ3) is 5.50. The molecule has 2 aromatic rings. The first kappa shape index (κ1) is 22.3. The van der Waals surface area contributed by atoms with Gasteiger partial charge in [-0.2, -0.15) is 8.42 Å². The smallest absolute Gasteiger partial charge is 0.264 e. The second-order valence-corrected chi connectivity index (χ2v) is 9.21. The van der Waals surface area contributed by atoms with E-state index in [1.54, 1.807) is 0 Å². The monoisotopic (exact) mass is 449 g/mol. The van der Waals surface area contributed by atoms with Gasteiger partial charge in [-0.05, 0) is 5.56 Å². The van der Waals surface area contributed by atoms with Crippen molar-refractivity contribution in [2.75, 3.05) is 20.0 Å². The molecule has 168 valence electrons. The van der Waals surface area contributed by atoms with Gasteiger partial charge in [0.15, 0.2) is 12.6 Å². The SMILES string of the molecule is COC1OC2COC(c3ccccc3)O[C@@H]2[C@@H](OS(C)(=O)=O)C1NCc1ccccc1. The molecule has 31 heavy (non-hydrogen) atoms. The van der Waals surface area contributed by atoms with E-state index in [1.165, 1.54) is 7.11 Å². The summed E-state index contributed by atoms with van der Waals surface area (Å²) in [5, 5.41) is 3.34. The fourth-order valence-corrected chi connectivity index (χ4v) is 4.55. The van der Waals surface area contributed by atoms with E-state index in [2.05, 4.69) is 5.32 Å². The van der Waals surface area contributed by atoms with E-state index in [0.717, 1.165) is 17.4 Å². The molecule has 0 amide bonds. The van der Waals surface area contributed by atoms with Crippen molar-refractivity contribution in [3.63, 3.8) is 0 Å². The number of hydrogen-bond donors (Lipinski definition) is 1. The van der Waals surface area contributed by atoms with E-state index in [4.69, 9.17) is 23.1 Å². The van der Waals surface area contributed by atoms with Gasteiger partial charge in [-0.15, -0.1) is 0 Å². The molecule has 6 atom stereocenters. The van der Waals surface area contributed by atoms with Crippen molar-refractivity contribution in [2.24, 2.45) is 0 Å². The number of fused-ring (bicyclic) bond motifs is 1. The predicted molar refractivity (Wildman–Crippen MR) is 112 cm³/mol. The molecular weight excluding hydrogens is 422 g/mol. The minimum atomic E-state index is -3.78. The molecule has 0 radical (unpaired) electrons. The summed E-state index contributed by atoms with van der Waals surface area (Å²) in [5.41, 5.74) is 1.87. The predicted octanol–water partition coefficient (Wildman–Crippen LogP) is 1.98. The second kappa shape index (κ2) is 9.74. The van der Waals surface area contributed by atoms with Gasteiger partial charge in [0.2, 0.25) is 0 Å². The highest BCUT2D eigenvalue weighted by atomic mass is 32.2. The van der Waals surface area contributed by atoms with Crippen molar-refractivity contribution in [2.45, 2.75) is 43.5 Å². The molecule has 2 aliphatic rings. The van der Waals surface area contributed by atoms with Gasteiger partial charge >= 0.3 is 0 Å². The van der Waals surface area contributed by atoms with Crippen LogP contribution in [0.15, 0.2) is 60.7 Å². The first-order valence-corrected chi connectivity index (χ1v) is 11.9. The van der Waals surface area contributed by atoms with Crippen LogP contribution in [0, 0.1) is 0 Å². The number of methoxy groups -OCH3 is 1. The van der Waals surface area contributed by atoms with Gasteiger partial charge in [0.1, 0.15) is 18.3 Å². The molecule has 0 bridgehead atoms. The maximum absolute atomic E-state index is 12.1. The van der Waals surface area contributed by atoms with Crippen LogP contribution in [0.2, 0.25) is 0 Å². The van der Waals surface area contributed by atoms with Gasteiger partial charge in [-0.3, -0.25) is 4.18 Å². The summed E-state index contributed by atoms with van der Waals surface area (Å²) in [6.45, 7) is 0.702. The molecule has 0 aromatic heterocycles. The van der Waals surface area contributed by atoms with Gasteiger partial charge in [-0.1, -0.05) is 60.7 Å². The minimum absolute atomic E-state index is 0.221. The summed E-state index contributed by atoms with van der Waals surface area (Å²) in [5.74, 6) is 0. The van der Waals surface area contributed by atoms with Crippen LogP contribution in [-0.4, -0.2) is 59.0 Å². The molecule has 2 aromatic carbocycles. The summed E-state index contributed by atoms with van der Waals surface area (Å²) in [6, 6.07) is 18.6. The highest BCUT2D eigenvalue weighted by molar-refractivity contribution is 7.86. The maximum atomic E-state index is 12.1. The van der Waals surface area contributed by atoms with Crippen LogP contribution in [0.4, 0.5) is 0 Å². The zero-order chi connectivity index (χ0) is 21.8. The van der Waals surface area contributed by atoms with E-state index in [0.29, 0.717) is 6.54 Å². The molecule has 2 aliphatic heterocycles. The van der Waals surface area contributed by atoms with Gasteiger partial charge in [-0.25, -0.2) is 0 Å². The summed E-state index contributed by atoms with van der Waals surface area (Å²) >= 11 is 0. The van der Waals surface area contributed by atoms with Crippen molar-refractivity contribution < 1.29 is 31.5 Å². The summed E-state index contributed by atoms with van der Waals surface area (Å²) < 4.78 is 53.4. The first-order valence-electron chi connectivity index (χ1n) is 10.1. The molecule has 4 rings (SSSR count). The summed E-state index contributed by atoms with van der Waals surface area (Å²) in [4.78, 5) is 0. The van der Waals surface area contributed by atoms with Gasteiger partial charge in [0, 0.05) is 19.2 Å². The maximum Gasteiger partial charge on any atom is 0.264 e. The summed E-state index contributed by atoms with van der Waals surface area (Å²) in [6.07, 6.45) is -2.43. The van der Waals surface area contributed by atoms with Crippen LogP contribution in [0.3, 0.4) is 0 Å². The van der Waals surface area contributed by atoms with Crippen LogP contribution in [0.25, 0.3) is 0 Å². The van der Waals surface area contributed by atoms with Gasteiger partial charge < -0.3 is 24.3 Å². The molecule has 0 saturated carbocycles. The molecule has 9 heteroatoms. The molecule has 0 spiro atoms. The number of rotatable bonds is 7. The van der Waals surface area contributed by atoms with Crippen LogP contribution in [-0.2, 0) is 39.8 Å². The first-order chi connectivity index (χ1) is 14.9. The molecule has 0 aliphatic carbocycles. The molecule has 1 N–H and O–H groups in total. The van der Waals surface area contributed by atoms with Crippen molar-refractivity contribution in [3.05, 3.63) is 71.8 Å². The third-order valence-corrected chi connectivity index (χ3v) is 5.89. The molecule has 4 unspecified atom stereocenters. The Morgan fingerprint density at radius 2 is 1.71 bits per heavy atom. The lowest BCUT2D eigenvalue weighted by Crippen LogP contribution is -2.66. The van der Waals surface area contributed by atoms with E-state index in [1.807, 2.05) is 60.7 Å². The topological polar surface area (TPSA) is 92.3 Å². The average Bonchev–Trinajstić information content (AvgIpc) is 2.78. The van der Waals surface area contributed by atoms with Gasteiger partial charge in [0.25, 0.3) is 10.1 Å². The molecule has 8 nitrogen and oxygen atoms in total. The van der Waals surface area contributed by atoms with Crippen molar-refractivity contribution in [1.29, 1.82) is 0 Å². The van der Waals surface area contributed by atoms with Crippen molar-refractivity contribution in [1.82, 2.24) is 5.32 Å². The zero-order valence-electron chi connectivity index (χ0n) is 17.4. The Balaban J connectivity index is 1.59. The Labute approximate surface area is 182 Å². The Hall–Kier alpha value is -1.85. The average molecular weight is 450 g/mol. The molecular formula is C22H27NO7S. The number of hydrogen-bond acceptors (Lipinski definition) is 8. The van der Waals surface area contributed by atoms with E-state index in [9.17, 15) is 8.42 Å². The quantitative estimate of drug-likeness (QED) is 0.642. The Kier molecular flexibility index (Phi) is 7.02. The Morgan fingerprint density at radius 3 is 2.35 bits per heavy atom. The molecule has 2 heterocycles. The third-order valence-electron chi connectivity index (χ3n) is 5.31. The zero-order valence-corrected chi connectivity index (χ0v) is 18.2. The van der Waals surface area contributed by atoms with Crippen LogP contribution >= 0.6 is 0 Å². The normalized spacial score (nSPS) is 31.2. The lowest BCUT2D eigenvalue weighted by atomic mass is 9.95. The van der Waals surface area contributed by atoms with Crippen LogP contribution in [0.5, 0.6) is 0 Å². The van der Waals surface area contributed by atoms with Crippen molar-refractivity contribution in [3.8, 4) is 0 Å². The highest BCUT2D eigenvalue weighted by Gasteiger charge is 2.52. The lowest BCUT2D eigenvalue weighted by molar-refractivity contribution is -0.338. The van der Waals surface area contributed by atoms with E-state index in [-0.39, 0.29) is 6.61 Å². The van der Waals surface area contributed by atoms with Crippen molar-refractivity contribution >= 4 is 10.1 Å². The van der Waals surface area contributed by atoms with E-state index >= 15 is 0 Å². The van der Waals surface area contributed by atoms with Crippen LogP contribution < -0.4 is 5.32 Å². The fourth-order valence-electron chi connectivity index (χ4n) is 3.92. The highest BCUT2D eigenvalue weighted by Crippen LogP contribution is 2.36. The van der Waals surface area contributed by atoms with Crippen LogP contribution in [0.1, 0.15) is 17.4 Å². The number of nitrogens with one attached hydrogen (secondary N) is 1. The Bertz CT molecular complexity index is 935. The lowest BCUT2D eigenvalue weighted by Gasteiger charge is -2.48. The summed E-state index contributed by atoms with van der Waals surface area (Å²) in [7, 11) is -2.26. The van der Waals surface area contributed by atoms with Gasteiger partial charge in [0.05, 0.1) is 18.9 Å². The number of benzene rings is 2. The molecule has 2 saturated heterocycles. The Morgan fingerprint density at radius 1 is 1.03 bits per heavy atom. The fraction of sp³-hybridized carbons (Fsp3) is 0.455.